The van der Waals surface area contributed by atoms with Crippen LogP contribution in [0.15, 0.2) is 78.9 Å². The van der Waals surface area contributed by atoms with Crippen LogP contribution >= 0.6 is 11.6 Å². The van der Waals surface area contributed by atoms with Crippen molar-refractivity contribution in [1.82, 2.24) is 5.32 Å². The molecule has 0 saturated carbocycles. The molecule has 168 valence electrons. The molecule has 32 heavy (non-hydrogen) atoms. The average Bonchev–Trinajstić information content (AvgIpc) is 2.79. The van der Waals surface area contributed by atoms with Crippen molar-refractivity contribution in [3.63, 3.8) is 0 Å². The lowest BCUT2D eigenvalue weighted by molar-refractivity contribution is -0.135. The number of nitrogens with one attached hydrogen (secondary N) is 1. The minimum absolute atomic E-state index is 0.0820. The first-order valence-electron chi connectivity index (χ1n) is 10.7. The highest BCUT2D eigenvalue weighted by atomic mass is 35.5. The van der Waals surface area contributed by atoms with E-state index >= 15 is 0 Å². The van der Waals surface area contributed by atoms with Crippen molar-refractivity contribution in [1.29, 1.82) is 0 Å². The summed E-state index contributed by atoms with van der Waals surface area (Å²) in [5, 5.41) is 3.80. The summed E-state index contributed by atoms with van der Waals surface area (Å²) in [6.45, 7) is 5.57. The third kappa shape index (κ3) is 6.27. The fourth-order valence-electron chi connectivity index (χ4n) is 3.63. The van der Waals surface area contributed by atoms with Crippen LogP contribution in [0.4, 0.5) is 0 Å². The minimum atomic E-state index is -1.04. The van der Waals surface area contributed by atoms with Crippen LogP contribution in [0.2, 0.25) is 5.02 Å². The van der Waals surface area contributed by atoms with Crippen LogP contribution in [0.25, 0.3) is 0 Å². The molecule has 3 aromatic carbocycles. The largest absolute Gasteiger partial charge is 0.497 e. The van der Waals surface area contributed by atoms with Crippen molar-refractivity contribution in [3.05, 3.63) is 95.0 Å². The molecule has 1 N–H and O–H groups in total. The zero-order valence-electron chi connectivity index (χ0n) is 19.0. The highest BCUT2D eigenvalue weighted by Gasteiger charge is 2.33. The van der Waals surface area contributed by atoms with Crippen LogP contribution in [0.5, 0.6) is 11.5 Å². The van der Waals surface area contributed by atoms with E-state index in [-0.39, 0.29) is 17.9 Å². The Labute approximate surface area is 195 Å². The van der Waals surface area contributed by atoms with Gasteiger partial charge in [-0.15, -0.1) is 0 Å². The molecule has 2 unspecified atom stereocenters. The summed E-state index contributed by atoms with van der Waals surface area (Å²) in [5.41, 5.74) is 1.31. The zero-order valence-corrected chi connectivity index (χ0v) is 19.7. The first-order valence-corrected chi connectivity index (χ1v) is 11.1. The fraction of sp³-hybridized carbons (Fsp3) is 0.296. The second-order valence-corrected chi connectivity index (χ2v) is 8.83. The molecule has 3 rings (SSSR count). The third-order valence-electron chi connectivity index (χ3n) is 5.54. The molecule has 3 aromatic rings. The van der Waals surface area contributed by atoms with Gasteiger partial charge in [0.2, 0.25) is 0 Å². The van der Waals surface area contributed by atoms with Crippen LogP contribution in [0.1, 0.15) is 37.8 Å². The lowest BCUT2D eigenvalue weighted by Crippen LogP contribution is -2.51. The van der Waals surface area contributed by atoms with Crippen LogP contribution in [0.3, 0.4) is 0 Å². The number of carbonyl (C=O) groups is 1. The Hall–Kier alpha value is -2.98. The molecular formula is C27H30ClNO3. The fourth-order valence-corrected chi connectivity index (χ4v) is 3.75. The second-order valence-electron chi connectivity index (χ2n) is 8.40. The predicted molar refractivity (Wildman–Crippen MR) is 130 cm³/mol. The van der Waals surface area contributed by atoms with E-state index in [0.717, 1.165) is 17.7 Å². The summed E-state index contributed by atoms with van der Waals surface area (Å²) < 4.78 is 11.3. The Balaban J connectivity index is 1.77. The van der Waals surface area contributed by atoms with Crippen molar-refractivity contribution >= 4 is 17.5 Å². The summed E-state index contributed by atoms with van der Waals surface area (Å²) in [6, 6.07) is 25.2. The molecule has 0 spiro atoms. The summed E-state index contributed by atoms with van der Waals surface area (Å²) in [6.07, 6.45) is 0.799. The Morgan fingerprint density at radius 3 is 2.12 bits per heavy atom. The van der Waals surface area contributed by atoms with Gasteiger partial charge in [-0.25, -0.2) is 0 Å². The first-order chi connectivity index (χ1) is 15.3. The van der Waals surface area contributed by atoms with Crippen molar-refractivity contribution in [2.24, 2.45) is 0 Å². The summed E-state index contributed by atoms with van der Waals surface area (Å²) >= 11 is 5.95. The van der Waals surface area contributed by atoms with E-state index in [2.05, 4.69) is 29.6 Å². The standard InChI is InChI=1S/C27H30ClNO3/c1-19(29-26(30)27(2,3)32-24-16-12-22(28)13-17-24)25(18-20-8-6-5-7-9-20)21-10-14-23(31-4)15-11-21/h5-17,19,25H,18H2,1-4H3,(H,29,30). The minimum Gasteiger partial charge on any atom is -0.497 e. The molecule has 5 heteroatoms. The maximum absolute atomic E-state index is 13.2. The first kappa shape index (κ1) is 23.7. The molecule has 1 amide bonds. The van der Waals surface area contributed by atoms with Gasteiger partial charge in [0.15, 0.2) is 5.60 Å². The molecule has 0 heterocycles. The Morgan fingerprint density at radius 1 is 0.938 bits per heavy atom. The van der Waals surface area contributed by atoms with Gasteiger partial charge in [-0.05, 0) is 74.7 Å². The maximum Gasteiger partial charge on any atom is 0.263 e. The van der Waals surface area contributed by atoms with Gasteiger partial charge >= 0.3 is 0 Å². The van der Waals surface area contributed by atoms with E-state index < -0.39 is 5.60 Å². The number of carbonyl (C=O) groups excluding carboxylic acids is 1. The molecule has 0 aliphatic carbocycles. The predicted octanol–water partition coefficient (Wildman–Crippen LogP) is 6.04. The van der Waals surface area contributed by atoms with E-state index in [1.807, 2.05) is 37.3 Å². The molecule has 0 aromatic heterocycles. The highest BCUT2D eigenvalue weighted by molar-refractivity contribution is 6.30. The SMILES string of the molecule is COc1ccc(C(Cc2ccccc2)C(C)NC(=O)C(C)(C)Oc2ccc(Cl)cc2)cc1. The van der Waals surface area contributed by atoms with E-state index in [0.29, 0.717) is 10.8 Å². The molecule has 0 aliphatic rings. The molecule has 2 atom stereocenters. The van der Waals surface area contributed by atoms with Gasteiger partial charge in [-0.3, -0.25) is 4.79 Å². The van der Waals surface area contributed by atoms with Crippen LogP contribution in [0, 0.1) is 0 Å². The average molecular weight is 452 g/mol. The highest BCUT2D eigenvalue weighted by Crippen LogP contribution is 2.28. The topological polar surface area (TPSA) is 47.6 Å². The lowest BCUT2D eigenvalue weighted by Gasteiger charge is -2.31. The van der Waals surface area contributed by atoms with Crippen molar-refractivity contribution < 1.29 is 14.3 Å². The number of hydrogen-bond donors (Lipinski definition) is 1. The number of halogens is 1. The zero-order chi connectivity index (χ0) is 23.1. The van der Waals surface area contributed by atoms with Gasteiger partial charge in [0.25, 0.3) is 5.91 Å². The van der Waals surface area contributed by atoms with Crippen molar-refractivity contribution in [2.75, 3.05) is 7.11 Å². The third-order valence-corrected chi connectivity index (χ3v) is 5.79. The van der Waals surface area contributed by atoms with Gasteiger partial charge in [0.1, 0.15) is 11.5 Å². The van der Waals surface area contributed by atoms with Gasteiger partial charge < -0.3 is 14.8 Å². The van der Waals surface area contributed by atoms with Gasteiger partial charge in [0, 0.05) is 17.0 Å². The van der Waals surface area contributed by atoms with E-state index in [4.69, 9.17) is 21.1 Å². The van der Waals surface area contributed by atoms with E-state index in [9.17, 15) is 4.79 Å². The Kier molecular flexibility index (Phi) is 7.81. The number of ether oxygens (including phenoxy) is 2. The maximum atomic E-state index is 13.2. The monoisotopic (exact) mass is 451 g/mol. The quantitative estimate of drug-likeness (QED) is 0.431. The molecular weight excluding hydrogens is 422 g/mol. The van der Waals surface area contributed by atoms with Crippen LogP contribution < -0.4 is 14.8 Å². The molecule has 0 saturated heterocycles. The van der Waals surface area contributed by atoms with Gasteiger partial charge in [0.05, 0.1) is 7.11 Å². The smallest absolute Gasteiger partial charge is 0.263 e. The summed E-state index contributed by atoms with van der Waals surface area (Å²) in [5.74, 6) is 1.31. The van der Waals surface area contributed by atoms with E-state index in [1.165, 1.54) is 5.56 Å². The number of amides is 1. The number of rotatable bonds is 9. The summed E-state index contributed by atoms with van der Waals surface area (Å²) in [7, 11) is 1.65. The van der Waals surface area contributed by atoms with Crippen molar-refractivity contribution in [3.8, 4) is 11.5 Å². The van der Waals surface area contributed by atoms with Gasteiger partial charge in [-0.2, -0.15) is 0 Å². The normalized spacial score (nSPS) is 13.2. The second kappa shape index (κ2) is 10.6. The molecule has 0 fully saturated rings. The van der Waals surface area contributed by atoms with Crippen LogP contribution in [-0.2, 0) is 11.2 Å². The van der Waals surface area contributed by atoms with Gasteiger partial charge in [-0.1, -0.05) is 54.1 Å². The molecule has 0 radical (unpaired) electrons. The number of methoxy groups -OCH3 is 1. The Bertz CT molecular complexity index is 1000. The number of hydrogen-bond acceptors (Lipinski definition) is 3. The van der Waals surface area contributed by atoms with Crippen molar-refractivity contribution in [2.45, 2.75) is 44.8 Å². The van der Waals surface area contributed by atoms with Crippen LogP contribution in [-0.4, -0.2) is 24.7 Å². The molecule has 0 bridgehead atoms. The molecule has 4 nitrogen and oxygen atoms in total. The van der Waals surface area contributed by atoms with E-state index in [1.54, 1.807) is 45.2 Å². The lowest BCUT2D eigenvalue weighted by atomic mass is 9.86. The summed E-state index contributed by atoms with van der Waals surface area (Å²) in [4.78, 5) is 13.2. The number of benzene rings is 3. The molecule has 0 aliphatic heterocycles. The Morgan fingerprint density at radius 2 is 1.53 bits per heavy atom.